The van der Waals surface area contributed by atoms with Gasteiger partial charge in [0.1, 0.15) is 0 Å². The minimum absolute atomic E-state index is 0.0378. The highest BCUT2D eigenvalue weighted by molar-refractivity contribution is 6.07. The molecule has 3 aromatic rings. The number of nitrogens with zero attached hydrogens (tertiary/aromatic N) is 3. The number of rotatable bonds is 5. The van der Waals surface area contributed by atoms with E-state index in [0.717, 1.165) is 49.4 Å². The number of ether oxygens (including phenoxy) is 1. The SMILES string of the molecule is C[C@H](CN1CCOCC1)NC(=O)c1cc(-c2ccccn2)nc2ccccc12. The molecule has 6 nitrogen and oxygen atoms in total. The molecule has 1 atom stereocenters. The summed E-state index contributed by atoms with van der Waals surface area (Å²) < 4.78 is 5.39. The van der Waals surface area contributed by atoms with E-state index in [0.29, 0.717) is 11.3 Å². The monoisotopic (exact) mass is 376 g/mol. The number of carbonyl (C=O) groups excluding carboxylic acids is 1. The van der Waals surface area contributed by atoms with Crippen LogP contribution in [0, 0.1) is 0 Å². The van der Waals surface area contributed by atoms with Crippen molar-refractivity contribution in [2.24, 2.45) is 0 Å². The summed E-state index contributed by atoms with van der Waals surface area (Å²) in [6.07, 6.45) is 1.73. The first kappa shape index (κ1) is 18.5. The van der Waals surface area contributed by atoms with Gasteiger partial charge in [0.05, 0.1) is 35.7 Å². The summed E-state index contributed by atoms with van der Waals surface area (Å²) in [4.78, 5) is 24.5. The number of para-hydroxylation sites is 1. The Balaban J connectivity index is 1.60. The van der Waals surface area contributed by atoms with Crippen LogP contribution in [0.2, 0.25) is 0 Å². The second kappa shape index (κ2) is 8.46. The fourth-order valence-corrected chi connectivity index (χ4v) is 3.53. The molecule has 1 aromatic carbocycles. The standard InChI is InChI=1S/C22H24N4O2/c1-16(15-26-10-12-28-13-11-26)24-22(27)18-14-21(20-8-4-5-9-23-20)25-19-7-3-2-6-17(18)19/h2-9,14,16H,10-13,15H2,1H3,(H,24,27)/t16-/m1/s1. The maximum Gasteiger partial charge on any atom is 0.252 e. The van der Waals surface area contributed by atoms with E-state index in [-0.39, 0.29) is 11.9 Å². The van der Waals surface area contributed by atoms with E-state index in [4.69, 9.17) is 9.72 Å². The fourth-order valence-electron chi connectivity index (χ4n) is 3.53. The van der Waals surface area contributed by atoms with Crippen LogP contribution in [0.4, 0.5) is 0 Å². The predicted molar refractivity (Wildman–Crippen MR) is 109 cm³/mol. The molecular formula is C22H24N4O2. The van der Waals surface area contributed by atoms with Gasteiger partial charge in [-0.1, -0.05) is 24.3 Å². The van der Waals surface area contributed by atoms with Crippen molar-refractivity contribution < 1.29 is 9.53 Å². The molecular weight excluding hydrogens is 352 g/mol. The smallest absolute Gasteiger partial charge is 0.252 e. The Labute approximate surface area is 164 Å². The topological polar surface area (TPSA) is 67.3 Å². The highest BCUT2D eigenvalue weighted by Crippen LogP contribution is 2.23. The number of hydrogen-bond acceptors (Lipinski definition) is 5. The van der Waals surface area contributed by atoms with E-state index in [1.165, 1.54) is 0 Å². The van der Waals surface area contributed by atoms with Gasteiger partial charge in [0.25, 0.3) is 5.91 Å². The van der Waals surface area contributed by atoms with E-state index >= 15 is 0 Å². The molecule has 0 aliphatic carbocycles. The molecule has 0 saturated carbocycles. The number of aromatic nitrogens is 2. The van der Waals surface area contributed by atoms with Crippen molar-refractivity contribution in [1.29, 1.82) is 0 Å². The van der Waals surface area contributed by atoms with Gasteiger partial charge in [0.2, 0.25) is 0 Å². The van der Waals surface area contributed by atoms with Gasteiger partial charge in [-0.25, -0.2) is 4.98 Å². The second-order valence-corrected chi connectivity index (χ2v) is 7.07. The number of pyridine rings is 2. The van der Waals surface area contributed by atoms with E-state index in [1.54, 1.807) is 6.20 Å². The molecule has 0 bridgehead atoms. The van der Waals surface area contributed by atoms with Crippen LogP contribution in [0.25, 0.3) is 22.3 Å². The number of hydrogen-bond donors (Lipinski definition) is 1. The van der Waals surface area contributed by atoms with Crippen LogP contribution >= 0.6 is 0 Å². The number of carbonyl (C=O) groups is 1. The van der Waals surface area contributed by atoms with Crippen LogP contribution < -0.4 is 5.32 Å². The summed E-state index contributed by atoms with van der Waals surface area (Å²) in [5.41, 5.74) is 2.87. The molecule has 1 amide bonds. The van der Waals surface area contributed by atoms with Crippen LogP contribution in [-0.4, -0.2) is 59.7 Å². The Morgan fingerprint density at radius 2 is 1.93 bits per heavy atom. The van der Waals surface area contributed by atoms with Crippen LogP contribution in [0.15, 0.2) is 54.7 Å². The van der Waals surface area contributed by atoms with Crippen LogP contribution in [0.5, 0.6) is 0 Å². The Hall–Kier alpha value is -2.83. The van der Waals surface area contributed by atoms with Crippen molar-refractivity contribution in [3.63, 3.8) is 0 Å². The maximum atomic E-state index is 13.1. The first-order valence-electron chi connectivity index (χ1n) is 9.63. The van der Waals surface area contributed by atoms with Gasteiger partial charge in [-0.05, 0) is 31.2 Å². The molecule has 0 radical (unpaired) electrons. The molecule has 4 rings (SSSR count). The molecule has 1 N–H and O–H groups in total. The zero-order valence-electron chi connectivity index (χ0n) is 16.0. The number of benzene rings is 1. The maximum absolute atomic E-state index is 13.1. The quantitative estimate of drug-likeness (QED) is 0.742. The third-order valence-corrected chi connectivity index (χ3v) is 4.90. The van der Waals surface area contributed by atoms with Crippen LogP contribution in [-0.2, 0) is 4.74 Å². The number of fused-ring (bicyclic) bond motifs is 1. The first-order chi connectivity index (χ1) is 13.7. The Morgan fingerprint density at radius 3 is 2.71 bits per heavy atom. The third kappa shape index (κ3) is 4.18. The molecule has 1 saturated heterocycles. The van der Waals surface area contributed by atoms with Gasteiger partial charge in [0, 0.05) is 37.3 Å². The van der Waals surface area contributed by atoms with E-state index in [2.05, 4.69) is 15.2 Å². The van der Waals surface area contributed by atoms with Crippen LogP contribution in [0.3, 0.4) is 0 Å². The van der Waals surface area contributed by atoms with Crippen molar-refractivity contribution in [1.82, 2.24) is 20.2 Å². The Morgan fingerprint density at radius 1 is 1.14 bits per heavy atom. The molecule has 144 valence electrons. The van der Waals surface area contributed by atoms with Crippen molar-refractivity contribution in [2.75, 3.05) is 32.8 Å². The number of amides is 1. The van der Waals surface area contributed by atoms with Crippen molar-refractivity contribution in [3.05, 3.63) is 60.3 Å². The molecule has 0 unspecified atom stereocenters. The zero-order chi connectivity index (χ0) is 19.3. The highest BCUT2D eigenvalue weighted by Gasteiger charge is 2.18. The summed E-state index contributed by atoms with van der Waals surface area (Å²) >= 11 is 0. The third-order valence-electron chi connectivity index (χ3n) is 4.90. The molecule has 28 heavy (non-hydrogen) atoms. The predicted octanol–water partition coefficient (Wildman–Crippen LogP) is 2.75. The summed E-state index contributed by atoms with van der Waals surface area (Å²) in [6, 6.07) is 15.3. The fraction of sp³-hybridized carbons (Fsp3) is 0.318. The molecule has 1 aliphatic rings. The van der Waals surface area contributed by atoms with Crippen molar-refractivity contribution in [3.8, 4) is 11.4 Å². The lowest BCUT2D eigenvalue weighted by molar-refractivity contribution is 0.0342. The van der Waals surface area contributed by atoms with Gasteiger partial charge in [-0.2, -0.15) is 0 Å². The molecule has 1 fully saturated rings. The van der Waals surface area contributed by atoms with E-state index < -0.39 is 0 Å². The zero-order valence-corrected chi connectivity index (χ0v) is 16.0. The normalized spacial score (nSPS) is 16.0. The summed E-state index contributed by atoms with van der Waals surface area (Å²) in [5.74, 6) is -0.0865. The average molecular weight is 376 g/mol. The minimum Gasteiger partial charge on any atom is -0.379 e. The van der Waals surface area contributed by atoms with Gasteiger partial charge >= 0.3 is 0 Å². The van der Waals surface area contributed by atoms with Crippen molar-refractivity contribution in [2.45, 2.75) is 13.0 Å². The van der Waals surface area contributed by atoms with Gasteiger partial charge in [0.15, 0.2) is 0 Å². The molecule has 6 heteroatoms. The Kier molecular flexibility index (Phi) is 5.60. The van der Waals surface area contributed by atoms with Gasteiger partial charge in [-0.3, -0.25) is 14.7 Å². The molecule has 3 heterocycles. The second-order valence-electron chi connectivity index (χ2n) is 7.07. The lowest BCUT2D eigenvalue weighted by Crippen LogP contribution is -2.46. The summed E-state index contributed by atoms with van der Waals surface area (Å²) in [6.45, 7) is 6.16. The molecule has 1 aliphatic heterocycles. The van der Waals surface area contributed by atoms with Gasteiger partial charge < -0.3 is 10.1 Å². The van der Waals surface area contributed by atoms with Gasteiger partial charge in [-0.15, -0.1) is 0 Å². The first-order valence-corrected chi connectivity index (χ1v) is 9.63. The lowest BCUT2D eigenvalue weighted by Gasteiger charge is -2.29. The number of morpholine rings is 1. The van der Waals surface area contributed by atoms with E-state index in [1.807, 2.05) is 55.5 Å². The highest BCUT2D eigenvalue weighted by atomic mass is 16.5. The Bertz CT molecular complexity index is 955. The average Bonchev–Trinajstić information content (AvgIpc) is 2.74. The van der Waals surface area contributed by atoms with E-state index in [9.17, 15) is 4.79 Å². The van der Waals surface area contributed by atoms with Crippen molar-refractivity contribution >= 4 is 16.8 Å². The summed E-state index contributed by atoms with van der Waals surface area (Å²) in [7, 11) is 0. The van der Waals surface area contributed by atoms with Crippen LogP contribution in [0.1, 0.15) is 17.3 Å². The lowest BCUT2D eigenvalue weighted by atomic mass is 10.1. The molecule has 2 aromatic heterocycles. The number of nitrogens with one attached hydrogen (secondary N) is 1. The minimum atomic E-state index is -0.0865. The largest absolute Gasteiger partial charge is 0.379 e. The summed E-state index contributed by atoms with van der Waals surface area (Å²) in [5, 5.41) is 3.99. The molecule has 0 spiro atoms.